The number of nitrogens with zero attached hydrogens (tertiary/aromatic N) is 2. The molecule has 4 aromatic rings. The highest BCUT2D eigenvalue weighted by molar-refractivity contribution is 8.15. The Bertz CT molecular complexity index is 1600. The standard InChI is InChI=1S/C33H31N3O2S/c37-31(34-28-18-8-14-24-12-4-6-16-26(24)28)22-30-32(38)36(21-20-23-10-2-1-3-11-23)33(39-30)35-29-19-9-15-25-13-5-7-17-27(25)29/h4-10,12-19,30H,1-3,11,20-22H2,(H,34,37)/t30-/m0/s1. The number of rotatable bonds is 7. The van der Waals surface area contributed by atoms with Crippen molar-refractivity contribution < 1.29 is 9.59 Å². The molecular weight excluding hydrogens is 502 g/mol. The molecule has 0 bridgehead atoms. The first kappa shape index (κ1) is 25.4. The van der Waals surface area contributed by atoms with Crippen LogP contribution in [0.4, 0.5) is 11.4 Å². The van der Waals surface area contributed by atoms with Crippen LogP contribution in [0, 0.1) is 0 Å². The molecule has 0 saturated carbocycles. The summed E-state index contributed by atoms with van der Waals surface area (Å²) in [6.45, 7) is 0.586. The van der Waals surface area contributed by atoms with Gasteiger partial charge in [0.1, 0.15) is 5.25 Å². The van der Waals surface area contributed by atoms with E-state index in [0.717, 1.165) is 52.2 Å². The molecular formula is C33H31N3O2S. The first-order chi connectivity index (χ1) is 19.2. The van der Waals surface area contributed by atoms with Crippen LogP contribution in [0.5, 0.6) is 0 Å². The lowest BCUT2D eigenvalue weighted by Crippen LogP contribution is -2.34. The molecule has 0 radical (unpaired) electrons. The van der Waals surface area contributed by atoms with Gasteiger partial charge in [-0.05, 0) is 55.0 Å². The van der Waals surface area contributed by atoms with Crippen molar-refractivity contribution in [2.75, 3.05) is 11.9 Å². The number of amides is 2. The number of aliphatic imine (C=N–C) groups is 1. The van der Waals surface area contributed by atoms with Crippen LogP contribution in [0.2, 0.25) is 0 Å². The summed E-state index contributed by atoms with van der Waals surface area (Å²) in [7, 11) is 0. The third-order valence-corrected chi connectivity index (χ3v) is 8.65. The zero-order chi connectivity index (χ0) is 26.6. The number of amidine groups is 1. The lowest BCUT2D eigenvalue weighted by molar-refractivity contribution is -0.128. The van der Waals surface area contributed by atoms with Gasteiger partial charge in [0.15, 0.2) is 5.17 Å². The van der Waals surface area contributed by atoms with Crippen LogP contribution < -0.4 is 5.32 Å². The van der Waals surface area contributed by atoms with E-state index in [1.165, 1.54) is 30.2 Å². The Morgan fingerprint density at radius 1 is 0.897 bits per heavy atom. The quantitative estimate of drug-likeness (QED) is 0.246. The summed E-state index contributed by atoms with van der Waals surface area (Å²) in [6.07, 6.45) is 7.93. The number of fused-ring (bicyclic) bond motifs is 2. The molecule has 6 rings (SSSR count). The molecule has 4 aromatic carbocycles. The van der Waals surface area contributed by atoms with Gasteiger partial charge < -0.3 is 5.32 Å². The number of hydrogen-bond acceptors (Lipinski definition) is 4. The van der Waals surface area contributed by atoms with Gasteiger partial charge in [-0.3, -0.25) is 14.5 Å². The summed E-state index contributed by atoms with van der Waals surface area (Å²) >= 11 is 1.41. The summed E-state index contributed by atoms with van der Waals surface area (Å²) < 4.78 is 0. The summed E-state index contributed by atoms with van der Waals surface area (Å²) in [5.41, 5.74) is 3.02. The van der Waals surface area contributed by atoms with E-state index in [9.17, 15) is 9.59 Å². The maximum Gasteiger partial charge on any atom is 0.242 e. The summed E-state index contributed by atoms with van der Waals surface area (Å²) in [6, 6.07) is 28.0. The molecule has 1 heterocycles. The van der Waals surface area contributed by atoms with Gasteiger partial charge in [0.2, 0.25) is 11.8 Å². The molecule has 0 unspecified atom stereocenters. The maximum atomic E-state index is 13.7. The Labute approximate surface area is 233 Å². The molecule has 6 heteroatoms. The number of carbonyl (C=O) groups is 2. The van der Waals surface area contributed by atoms with E-state index in [-0.39, 0.29) is 18.2 Å². The van der Waals surface area contributed by atoms with Crippen LogP contribution in [0.3, 0.4) is 0 Å². The first-order valence-electron chi connectivity index (χ1n) is 13.7. The topological polar surface area (TPSA) is 61.8 Å². The Morgan fingerprint density at radius 3 is 2.41 bits per heavy atom. The predicted octanol–water partition coefficient (Wildman–Crippen LogP) is 7.84. The molecule has 196 valence electrons. The van der Waals surface area contributed by atoms with Crippen molar-refractivity contribution >= 4 is 61.7 Å². The van der Waals surface area contributed by atoms with Crippen molar-refractivity contribution in [3.63, 3.8) is 0 Å². The first-order valence-corrected chi connectivity index (χ1v) is 14.5. The van der Waals surface area contributed by atoms with E-state index < -0.39 is 5.25 Å². The smallest absolute Gasteiger partial charge is 0.242 e. The average molecular weight is 534 g/mol. The highest BCUT2D eigenvalue weighted by Crippen LogP contribution is 2.35. The van der Waals surface area contributed by atoms with Gasteiger partial charge in [-0.2, -0.15) is 0 Å². The third-order valence-electron chi connectivity index (χ3n) is 7.48. The molecule has 1 saturated heterocycles. The fourth-order valence-electron chi connectivity index (χ4n) is 5.43. The Balaban J connectivity index is 1.25. The summed E-state index contributed by atoms with van der Waals surface area (Å²) in [5.74, 6) is -0.206. The van der Waals surface area contributed by atoms with Crippen LogP contribution >= 0.6 is 11.8 Å². The molecule has 5 nitrogen and oxygen atoms in total. The van der Waals surface area contributed by atoms with Crippen molar-refractivity contribution in [2.24, 2.45) is 4.99 Å². The minimum Gasteiger partial charge on any atom is -0.325 e. The Hall–Kier alpha value is -3.90. The van der Waals surface area contributed by atoms with Crippen LogP contribution in [0.25, 0.3) is 21.5 Å². The number of anilines is 1. The van der Waals surface area contributed by atoms with Crippen LogP contribution in [0.1, 0.15) is 38.5 Å². The fraction of sp³-hybridized carbons (Fsp3) is 0.242. The highest BCUT2D eigenvalue weighted by Gasteiger charge is 2.39. The minimum absolute atomic E-state index is 0.0385. The zero-order valence-corrected chi connectivity index (χ0v) is 22.6. The van der Waals surface area contributed by atoms with Crippen LogP contribution in [0.15, 0.2) is 102 Å². The molecule has 1 aliphatic heterocycles. The van der Waals surface area contributed by atoms with E-state index in [1.807, 2.05) is 66.7 Å². The number of thioether (sulfide) groups is 1. The second-order valence-electron chi connectivity index (χ2n) is 10.1. The molecule has 1 fully saturated rings. The largest absolute Gasteiger partial charge is 0.325 e. The van der Waals surface area contributed by atoms with Gasteiger partial charge in [-0.15, -0.1) is 0 Å². The van der Waals surface area contributed by atoms with Crippen molar-refractivity contribution in [3.05, 3.63) is 96.6 Å². The molecule has 1 aliphatic carbocycles. The van der Waals surface area contributed by atoms with Gasteiger partial charge in [-0.25, -0.2) is 4.99 Å². The third kappa shape index (κ3) is 5.62. The lowest BCUT2D eigenvalue weighted by Gasteiger charge is -2.19. The van der Waals surface area contributed by atoms with E-state index in [4.69, 9.17) is 4.99 Å². The van der Waals surface area contributed by atoms with Gasteiger partial charge in [0.05, 0.1) is 5.69 Å². The van der Waals surface area contributed by atoms with Crippen molar-refractivity contribution in [3.8, 4) is 0 Å². The molecule has 39 heavy (non-hydrogen) atoms. The second kappa shape index (κ2) is 11.5. The second-order valence-corrected chi connectivity index (χ2v) is 11.3. The summed E-state index contributed by atoms with van der Waals surface area (Å²) in [4.78, 5) is 33.6. The molecule has 0 aromatic heterocycles. The predicted molar refractivity (Wildman–Crippen MR) is 162 cm³/mol. The lowest BCUT2D eigenvalue weighted by atomic mass is 9.97. The van der Waals surface area contributed by atoms with Crippen molar-refractivity contribution in [1.29, 1.82) is 0 Å². The molecule has 2 amide bonds. The van der Waals surface area contributed by atoms with Crippen molar-refractivity contribution in [1.82, 2.24) is 4.90 Å². The molecule has 2 aliphatic rings. The number of benzene rings is 4. The van der Waals surface area contributed by atoms with E-state index in [1.54, 1.807) is 4.90 Å². The summed E-state index contributed by atoms with van der Waals surface area (Å²) in [5, 5.41) is 7.43. The van der Waals surface area contributed by atoms with Gasteiger partial charge in [-0.1, -0.05) is 96.2 Å². The number of nitrogens with one attached hydrogen (secondary N) is 1. The van der Waals surface area contributed by atoms with Gasteiger partial charge in [0.25, 0.3) is 0 Å². The van der Waals surface area contributed by atoms with Crippen LogP contribution in [-0.4, -0.2) is 33.7 Å². The number of hydrogen-bond donors (Lipinski definition) is 1. The van der Waals surface area contributed by atoms with Crippen LogP contribution in [-0.2, 0) is 9.59 Å². The van der Waals surface area contributed by atoms with E-state index in [2.05, 4.69) is 29.6 Å². The zero-order valence-electron chi connectivity index (χ0n) is 21.8. The Morgan fingerprint density at radius 2 is 1.62 bits per heavy atom. The van der Waals surface area contributed by atoms with Crippen molar-refractivity contribution in [2.45, 2.75) is 43.8 Å². The molecule has 0 spiro atoms. The molecule has 1 N–H and O–H groups in total. The van der Waals surface area contributed by atoms with E-state index in [0.29, 0.717) is 11.7 Å². The highest BCUT2D eigenvalue weighted by atomic mass is 32.2. The number of carbonyl (C=O) groups excluding carboxylic acids is 2. The minimum atomic E-state index is -0.506. The van der Waals surface area contributed by atoms with E-state index >= 15 is 0 Å². The fourth-order valence-corrected chi connectivity index (χ4v) is 6.61. The number of allylic oxidation sites excluding steroid dienone is 1. The average Bonchev–Trinajstić information content (AvgIpc) is 3.25. The van der Waals surface area contributed by atoms with Gasteiger partial charge in [0, 0.05) is 29.4 Å². The Kier molecular flexibility index (Phi) is 7.46. The normalized spacial score (nSPS) is 18.6. The SMILES string of the molecule is O=C(C[C@@H]1SC(=Nc2cccc3ccccc23)N(CCC2=CCCCC2)C1=O)Nc1cccc2ccccc12. The molecule has 1 atom stereocenters. The maximum absolute atomic E-state index is 13.7. The monoisotopic (exact) mass is 533 g/mol. The van der Waals surface area contributed by atoms with Gasteiger partial charge >= 0.3 is 0 Å².